The van der Waals surface area contributed by atoms with Crippen LogP contribution in [0.4, 0.5) is 10.5 Å². The van der Waals surface area contributed by atoms with Crippen LogP contribution in [-0.2, 0) is 32.6 Å². The van der Waals surface area contributed by atoms with E-state index in [9.17, 15) is 42.6 Å². The minimum atomic E-state index is -4.31. The van der Waals surface area contributed by atoms with E-state index in [-0.39, 0.29) is 47.7 Å². The second-order valence-electron chi connectivity index (χ2n) is 21.2. The smallest absolute Gasteiger partial charge is 0.415 e. The van der Waals surface area contributed by atoms with Gasteiger partial charge in [-0.05, 0) is 119 Å². The molecule has 19 nitrogen and oxygen atoms in total. The molecule has 6 aliphatic rings. The Morgan fingerprint density at radius 1 is 0.885 bits per heavy atom. The van der Waals surface area contributed by atoms with Crippen molar-refractivity contribution in [2.45, 2.75) is 81.2 Å². The number of nitrogens with zero attached hydrogens (tertiary/aromatic N) is 7. The molecule has 1 aromatic heterocycles. The molecule has 5 aromatic rings. The number of rotatable bonds is 15. The maximum Gasteiger partial charge on any atom is 0.415 e. The van der Waals surface area contributed by atoms with Crippen molar-refractivity contribution >= 4 is 70.1 Å². The van der Waals surface area contributed by atoms with Crippen molar-refractivity contribution in [1.29, 1.82) is 0 Å². The number of carboxylic acid groups (broad SMARTS) is 2. The fourth-order valence-electron chi connectivity index (χ4n) is 11.2. The van der Waals surface area contributed by atoms with Gasteiger partial charge in [0, 0.05) is 68.1 Å². The first-order chi connectivity index (χ1) is 37.5. The highest BCUT2D eigenvalue weighted by Gasteiger charge is 2.46. The van der Waals surface area contributed by atoms with Crippen molar-refractivity contribution in [3.05, 3.63) is 160 Å². The van der Waals surface area contributed by atoms with Crippen LogP contribution in [0.25, 0.3) is 5.57 Å². The first kappa shape index (κ1) is 52.1. The Bertz CT molecular complexity index is 3500. The van der Waals surface area contributed by atoms with E-state index in [2.05, 4.69) is 79.9 Å². The van der Waals surface area contributed by atoms with Crippen LogP contribution in [0.15, 0.2) is 131 Å². The summed E-state index contributed by atoms with van der Waals surface area (Å²) < 4.78 is 38.7. The number of sulfonamides is 1. The summed E-state index contributed by atoms with van der Waals surface area (Å²) in [5, 5.41) is 39.7. The third-order valence-corrected chi connectivity index (χ3v) is 21.3. The van der Waals surface area contributed by atoms with Crippen LogP contribution < -0.4 is 30.6 Å². The molecule has 0 bridgehead atoms. The maximum absolute atomic E-state index is 14.2. The molecule has 11 rings (SSSR count). The zero-order chi connectivity index (χ0) is 54.5. The van der Waals surface area contributed by atoms with Gasteiger partial charge in [-0.3, -0.25) is 9.59 Å². The van der Waals surface area contributed by atoms with Crippen molar-refractivity contribution < 1.29 is 51.9 Å². The van der Waals surface area contributed by atoms with Gasteiger partial charge in [0.1, 0.15) is 44.7 Å². The van der Waals surface area contributed by atoms with E-state index in [0.717, 1.165) is 84.3 Å². The monoisotopic (exact) mass is 1090 g/mol. The fraction of sp³-hybridized carbons (Fsp3) is 0.333. The maximum atomic E-state index is 14.2. The van der Waals surface area contributed by atoms with E-state index in [1.54, 1.807) is 59.5 Å². The zero-order valence-corrected chi connectivity index (χ0v) is 45.1. The fourth-order valence-corrected chi connectivity index (χ4v) is 16.0. The number of hydrogen-bond acceptors (Lipinski definition) is 12. The van der Waals surface area contributed by atoms with E-state index < -0.39 is 66.1 Å². The van der Waals surface area contributed by atoms with Crippen molar-refractivity contribution in [3.8, 4) is 5.75 Å². The lowest BCUT2D eigenvalue weighted by Gasteiger charge is -2.40. The lowest BCUT2D eigenvalue weighted by molar-refractivity contribution is -0.582. The Balaban J connectivity index is 0.804. The number of nitrogens with one attached hydrogen (secondary N) is 2. The molecule has 3 N–H and O–H groups in total. The molecule has 0 spiro atoms. The quantitative estimate of drug-likeness (QED) is 0.100. The first-order valence-electron chi connectivity index (χ1n) is 26.4. The summed E-state index contributed by atoms with van der Waals surface area (Å²) in [6.07, 6.45) is 11.4. The number of likely N-dealkylation sites (tertiary alicyclic amines) is 1. The van der Waals surface area contributed by atoms with E-state index in [1.807, 2.05) is 0 Å². The molecular weight excluding hydrogens is 1030 g/mol. The number of anilines is 1. The summed E-state index contributed by atoms with van der Waals surface area (Å²) >= 11 is 0. The standard InChI is InChI=1S/C57H59N9O10SSi/c1-78(2)50-31-39(62-24-8-25-62)15-20-45(50)52(46-21-16-40(32-51(46)78)63-26-9-27-63)44-19-14-37(29-47(44)55(69)70)53(67)58-33-38-34-65(61-60-38)41-30-49(66(35-41)77(74,75)43-10-4-3-5-11-43)54(68)59-48(56(71)72)28-36-12-17-42(18-13-36)76-57(73)64-22-6-7-23-64/h3-5,10-21,29,31-32,34,41,48-49H,6-9,22-28,30,33,35H2,1-2H3,(H3-,58,59,67,68,69,70,71,72)/t41-,48+,49+/m1/s1. The molecule has 4 fully saturated rings. The highest BCUT2D eigenvalue weighted by Crippen LogP contribution is 2.43. The van der Waals surface area contributed by atoms with Gasteiger partial charge in [0.25, 0.3) is 5.91 Å². The highest BCUT2D eigenvalue weighted by atomic mass is 32.2. The largest absolute Gasteiger partial charge is 0.545 e. The SMILES string of the molecule is C[Si]1(C)C2=CC(=[N+]3CCC3)C=CC2=C(c2ccc(C(=O)NCc3cn([C@@H]4C[C@@H](C(=O)N[C@@H](Cc5ccc(OC(=O)N6CCCC6)cc5)C(=O)O)N(S(=O)(=O)c5ccccc5)C4)nn3)cc2C(=O)[O-])c2ccc(N3CCC3)cc21. The average Bonchev–Trinajstić information content (AvgIpc) is 4.09. The lowest BCUT2D eigenvalue weighted by atomic mass is 9.86. The molecule has 0 saturated carbocycles. The Labute approximate surface area is 452 Å². The number of hydrogen-bond donors (Lipinski definition) is 3. The molecule has 21 heteroatoms. The van der Waals surface area contributed by atoms with Crippen molar-refractivity contribution in [2.24, 2.45) is 0 Å². The van der Waals surface area contributed by atoms with Gasteiger partial charge in [-0.2, -0.15) is 4.31 Å². The van der Waals surface area contributed by atoms with Gasteiger partial charge in [-0.15, -0.1) is 5.10 Å². The molecule has 3 atom stereocenters. The van der Waals surface area contributed by atoms with Gasteiger partial charge in [0.05, 0.1) is 36.1 Å². The molecule has 0 radical (unpaired) electrons. The van der Waals surface area contributed by atoms with Gasteiger partial charge in [-0.25, -0.2) is 27.3 Å². The summed E-state index contributed by atoms with van der Waals surface area (Å²) in [5.74, 6) is -3.90. The summed E-state index contributed by atoms with van der Waals surface area (Å²) in [5.41, 5.74) is 6.26. The predicted octanol–water partition coefficient (Wildman–Crippen LogP) is 3.82. The molecule has 0 unspecified atom stereocenters. The Morgan fingerprint density at radius 2 is 1.63 bits per heavy atom. The number of allylic oxidation sites excluding steroid dienone is 5. The zero-order valence-electron chi connectivity index (χ0n) is 43.3. The van der Waals surface area contributed by atoms with E-state index in [4.69, 9.17) is 4.74 Å². The number of aromatic nitrogens is 3. The van der Waals surface area contributed by atoms with E-state index in [1.165, 1.54) is 39.5 Å². The molecule has 4 aromatic carbocycles. The molecule has 4 saturated heterocycles. The molecular formula is C57H59N9O10SSi. The summed E-state index contributed by atoms with van der Waals surface area (Å²) in [4.78, 5) is 70.2. The normalized spacial score (nSPS) is 20.0. The number of carbonyl (C=O) groups is 5. The summed E-state index contributed by atoms with van der Waals surface area (Å²) in [6, 6.07) is 21.5. The van der Waals surface area contributed by atoms with Crippen molar-refractivity contribution in [1.82, 2.24) is 34.8 Å². The van der Waals surface area contributed by atoms with Crippen LogP contribution in [0.2, 0.25) is 13.1 Å². The Kier molecular flexibility index (Phi) is 14.1. The Morgan fingerprint density at radius 3 is 2.31 bits per heavy atom. The second kappa shape index (κ2) is 21.1. The second-order valence-corrected chi connectivity index (χ2v) is 27.4. The average molecular weight is 1090 g/mol. The number of carboxylic acids is 2. The number of fused-ring (bicyclic) bond motifs is 2. The number of ether oxygens (including phenoxy) is 1. The van der Waals surface area contributed by atoms with E-state index >= 15 is 0 Å². The summed E-state index contributed by atoms with van der Waals surface area (Å²) in [7, 11) is -6.62. The van der Waals surface area contributed by atoms with Crippen molar-refractivity contribution in [2.75, 3.05) is 50.7 Å². The predicted molar refractivity (Wildman–Crippen MR) is 290 cm³/mol. The van der Waals surface area contributed by atoms with Crippen LogP contribution in [0.3, 0.4) is 0 Å². The first-order valence-corrected chi connectivity index (χ1v) is 30.8. The molecule has 78 heavy (non-hydrogen) atoms. The number of amides is 3. The van der Waals surface area contributed by atoms with Crippen LogP contribution >= 0.6 is 0 Å². The topological polar surface area (TPSA) is 240 Å². The number of aliphatic carboxylic acids is 1. The van der Waals surface area contributed by atoms with Crippen molar-refractivity contribution in [3.63, 3.8) is 0 Å². The molecule has 1 aliphatic carbocycles. The lowest BCUT2D eigenvalue weighted by Crippen LogP contribution is -2.51. The van der Waals surface area contributed by atoms with Gasteiger partial charge < -0.3 is 40.2 Å². The molecule has 5 aliphatic heterocycles. The van der Waals surface area contributed by atoms with Crippen LogP contribution in [0.5, 0.6) is 5.75 Å². The molecule has 402 valence electrons. The third kappa shape index (κ3) is 10.1. The molecule has 3 amide bonds. The minimum Gasteiger partial charge on any atom is -0.545 e. The molecule has 6 heterocycles. The third-order valence-electron chi connectivity index (χ3n) is 15.9. The number of carbonyl (C=O) groups excluding carboxylic acids is 4. The number of benzene rings is 4. The highest BCUT2D eigenvalue weighted by molar-refractivity contribution is 7.89. The summed E-state index contributed by atoms with van der Waals surface area (Å²) in [6.45, 7) is 9.54. The van der Waals surface area contributed by atoms with Gasteiger partial charge in [0.2, 0.25) is 15.9 Å². The van der Waals surface area contributed by atoms with E-state index in [0.29, 0.717) is 29.9 Å². The van der Waals surface area contributed by atoms with Gasteiger partial charge >= 0.3 is 12.1 Å². The number of aromatic carboxylic acids is 1. The van der Waals surface area contributed by atoms with Gasteiger partial charge in [0.15, 0.2) is 5.71 Å². The minimum absolute atomic E-state index is 0.0643. The van der Waals surface area contributed by atoms with Crippen LogP contribution in [0, 0.1) is 0 Å². The Hall–Kier alpha value is -8.01. The van der Waals surface area contributed by atoms with Gasteiger partial charge in [-0.1, -0.05) is 60.8 Å². The van der Waals surface area contributed by atoms with Crippen LogP contribution in [0.1, 0.15) is 81.2 Å². The van der Waals surface area contributed by atoms with Crippen LogP contribution in [-0.4, -0.2) is 144 Å².